The summed E-state index contributed by atoms with van der Waals surface area (Å²) in [6.07, 6.45) is 0.730. The van der Waals surface area contributed by atoms with Gasteiger partial charge in [0.2, 0.25) is 0 Å². The fraction of sp³-hybridized carbons (Fsp3) is 0.455. The summed E-state index contributed by atoms with van der Waals surface area (Å²) in [7, 11) is 0. The SMILES string of the molecule is CCC(C)(N)c1cccc(C)c1F. The van der Waals surface area contributed by atoms with Crippen molar-refractivity contribution in [3.8, 4) is 0 Å². The summed E-state index contributed by atoms with van der Waals surface area (Å²) in [5.41, 5.74) is 6.67. The molecule has 1 unspecified atom stereocenters. The largest absolute Gasteiger partial charge is 0.322 e. The van der Waals surface area contributed by atoms with Gasteiger partial charge in [0.1, 0.15) is 5.82 Å². The molecule has 1 aromatic rings. The highest BCUT2D eigenvalue weighted by Gasteiger charge is 2.22. The lowest BCUT2D eigenvalue weighted by molar-refractivity contribution is 0.444. The maximum atomic E-state index is 13.6. The molecule has 0 radical (unpaired) electrons. The molecule has 0 amide bonds. The van der Waals surface area contributed by atoms with Crippen LogP contribution in [0.3, 0.4) is 0 Å². The fourth-order valence-corrected chi connectivity index (χ4v) is 1.28. The Morgan fingerprint density at radius 3 is 2.62 bits per heavy atom. The summed E-state index contributed by atoms with van der Waals surface area (Å²) in [6.45, 7) is 5.57. The van der Waals surface area contributed by atoms with E-state index >= 15 is 0 Å². The minimum Gasteiger partial charge on any atom is -0.322 e. The van der Waals surface area contributed by atoms with Crippen LogP contribution in [-0.4, -0.2) is 0 Å². The van der Waals surface area contributed by atoms with Crippen molar-refractivity contribution >= 4 is 0 Å². The molecule has 2 N–H and O–H groups in total. The fourth-order valence-electron chi connectivity index (χ4n) is 1.28. The summed E-state index contributed by atoms with van der Waals surface area (Å²) in [4.78, 5) is 0. The van der Waals surface area contributed by atoms with Crippen molar-refractivity contribution in [2.24, 2.45) is 5.73 Å². The summed E-state index contributed by atoms with van der Waals surface area (Å²) in [5.74, 6) is -0.172. The third kappa shape index (κ3) is 1.89. The van der Waals surface area contributed by atoms with Gasteiger partial charge in [0.05, 0.1) is 0 Å². The van der Waals surface area contributed by atoms with Crippen molar-refractivity contribution in [1.29, 1.82) is 0 Å². The van der Waals surface area contributed by atoms with E-state index < -0.39 is 5.54 Å². The first kappa shape index (κ1) is 10.2. The Hall–Kier alpha value is -0.890. The van der Waals surface area contributed by atoms with Gasteiger partial charge in [-0.2, -0.15) is 0 Å². The number of hydrogen-bond donors (Lipinski definition) is 1. The Morgan fingerprint density at radius 1 is 1.46 bits per heavy atom. The maximum absolute atomic E-state index is 13.6. The number of nitrogens with two attached hydrogens (primary N) is 1. The first-order valence-corrected chi connectivity index (χ1v) is 4.53. The normalized spacial score (nSPS) is 15.5. The van der Waals surface area contributed by atoms with Crippen molar-refractivity contribution in [3.63, 3.8) is 0 Å². The van der Waals surface area contributed by atoms with Gasteiger partial charge in [-0.3, -0.25) is 0 Å². The highest BCUT2D eigenvalue weighted by atomic mass is 19.1. The molecule has 0 heterocycles. The van der Waals surface area contributed by atoms with E-state index in [2.05, 4.69) is 0 Å². The van der Waals surface area contributed by atoms with Crippen LogP contribution in [0.4, 0.5) is 4.39 Å². The van der Waals surface area contributed by atoms with Gasteiger partial charge in [-0.05, 0) is 25.8 Å². The summed E-state index contributed by atoms with van der Waals surface area (Å²) in [5, 5.41) is 0. The quantitative estimate of drug-likeness (QED) is 0.745. The standard InChI is InChI=1S/C11H16FN/c1-4-11(3,13)9-7-5-6-8(2)10(9)12/h5-7H,4,13H2,1-3H3. The molecule has 0 aromatic heterocycles. The predicted octanol–water partition coefficient (Wildman–Crippen LogP) is 2.72. The minimum atomic E-state index is -0.559. The Kier molecular flexibility index (Phi) is 2.71. The van der Waals surface area contributed by atoms with Gasteiger partial charge in [-0.15, -0.1) is 0 Å². The lowest BCUT2D eigenvalue weighted by Crippen LogP contribution is -2.33. The van der Waals surface area contributed by atoms with Gasteiger partial charge < -0.3 is 5.73 Å². The van der Waals surface area contributed by atoms with E-state index in [1.165, 1.54) is 0 Å². The summed E-state index contributed by atoms with van der Waals surface area (Å²) in [6, 6.07) is 5.35. The Labute approximate surface area is 78.8 Å². The molecule has 1 atom stereocenters. The van der Waals surface area contributed by atoms with E-state index in [4.69, 9.17) is 5.73 Å². The molecule has 0 bridgehead atoms. The number of benzene rings is 1. The molecule has 13 heavy (non-hydrogen) atoms. The lowest BCUT2D eigenvalue weighted by Gasteiger charge is -2.24. The third-order valence-corrected chi connectivity index (χ3v) is 2.54. The van der Waals surface area contributed by atoms with Crippen molar-refractivity contribution in [2.75, 3.05) is 0 Å². The lowest BCUT2D eigenvalue weighted by atomic mass is 9.89. The zero-order chi connectivity index (χ0) is 10.1. The van der Waals surface area contributed by atoms with Gasteiger partial charge in [0, 0.05) is 11.1 Å². The second-order valence-electron chi connectivity index (χ2n) is 3.71. The molecule has 0 saturated heterocycles. The molecule has 0 aliphatic carbocycles. The van der Waals surface area contributed by atoms with Crippen LogP contribution < -0.4 is 5.73 Å². The molecule has 0 aliphatic rings. The van der Waals surface area contributed by atoms with Gasteiger partial charge in [-0.1, -0.05) is 25.1 Å². The van der Waals surface area contributed by atoms with Crippen molar-refractivity contribution < 1.29 is 4.39 Å². The van der Waals surface area contributed by atoms with Crippen molar-refractivity contribution in [3.05, 3.63) is 35.1 Å². The van der Waals surface area contributed by atoms with Crippen LogP contribution in [0.2, 0.25) is 0 Å². The first-order valence-electron chi connectivity index (χ1n) is 4.53. The molecule has 72 valence electrons. The molecule has 0 spiro atoms. The van der Waals surface area contributed by atoms with Gasteiger partial charge in [-0.25, -0.2) is 4.39 Å². The average Bonchev–Trinajstić information content (AvgIpc) is 2.09. The van der Waals surface area contributed by atoms with Crippen LogP contribution in [0.1, 0.15) is 31.4 Å². The zero-order valence-electron chi connectivity index (χ0n) is 8.39. The van der Waals surface area contributed by atoms with Crippen molar-refractivity contribution in [1.82, 2.24) is 0 Å². The van der Waals surface area contributed by atoms with Gasteiger partial charge >= 0.3 is 0 Å². The maximum Gasteiger partial charge on any atom is 0.131 e. The topological polar surface area (TPSA) is 26.0 Å². The second-order valence-corrected chi connectivity index (χ2v) is 3.71. The van der Waals surface area contributed by atoms with Crippen LogP contribution in [-0.2, 0) is 5.54 Å². The number of aryl methyl sites for hydroxylation is 1. The molecule has 0 saturated carbocycles. The Morgan fingerprint density at radius 2 is 2.08 bits per heavy atom. The molecule has 2 heteroatoms. The van der Waals surface area contributed by atoms with E-state index in [0.717, 1.165) is 6.42 Å². The molecular formula is C11H16FN. The second kappa shape index (κ2) is 3.46. The average molecular weight is 181 g/mol. The molecule has 0 aliphatic heterocycles. The zero-order valence-corrected chi connectivity index (χ0v) is 8.39. The monoisotopic (exact) mass is 181 g/mol. The smallest absolute Gasteiger partial charge is 0.131 e. The van der Waals surface area contributed by atoms with E-state index in [1.54, 1.807) is 19.1 Å². The van der Waals surface area contributed by atoms with E-state index in [0.29, 0.717) is 11.1 Å². The Bertz CT molecular complexity index is 305. The van der Waals surface area contributed by atoms with Crippen LogP contribution in [0, 0.1) is 12.7 Å². The number of hydrogen-bond acceptors (Lipinski definition) is 1. The molecule has 1 aromatic carbocycles. The first-order chi connectivity index (χ1) is 5.99. The molecular weight excluding hydrogens is 165 g/mol. The molecule has 0 fully saturated rings. The van der Waals surface area contributed by atoms with E-state index in [-0.39, 0.29) is 5.82 Å². The van der Waals surface area contributed by atoms with Crippen LogP contribution in [0.25, 0.3) is 0 Å². The third-order valence-electron chi connectivity index (χ3n) is 2.54. The van der Waals surface area contributed by atoms with E-state index in [9.17, 15) is 4.39 Å². The Balaban J connectivity index is 3.22. The van der Waals surface area contributed by atoms with Crippen LogP contribution in [0.15, 0.2) is 18.2 Å². The van der Waals surface area contributed by atoms with Crippen molar-refractivity contribution in [2.45, 2.75) is 32.7 Å². The van der Waals surface area contributed by atoms with E-state index in [1.807, 2.05) is 19.9 Å². The van der Waals surface area contributed by atoms with Gasteiger partial charge in [0.15, 0.2) is 0 Å². The summed E-state index contributed by atoms with van der Waals surface area (Å²) >= 11 is 0. The molecule has 1 rings (SSSR count). The highest BCUT2D eigenvalue weighted by Crippen LogP contribution is 2.25. The van der Waals surface area contributed by atoms with Crippen LogP contribution >= 0.6 is 0 Å². The molecule has 1 nitrogen and oxygen atoms in total. The number of halogens is 1. The minimum absolute atomic E-state index is 0.172. The van der Waals surface area contributed by atoms with Gasteiger partial charge in [0.25, 0.3) is 0 Å². The predicted molar refractivity (Wildman–Crippen MR) is 53.0 cm³/mol. The van der Waals surface area contributed by atoms with Crippen LogP contribution in [0.5, 0.6) is 0 Å². The number of rotatable bonds is 2. The highest BCUT2D eigenvalue weighted by molar-refractivity contribution is 5.30. The summed E-state index contributed by atoms with van der Waals surface area (Å²) < 4.78 is 13.6.